The summed E-state index contributed by atoms with van der Waals surface area (Å²) in [7, 11) is 2.16. The molecule has 0 N–H and O–H groups in total. The lowest BCUT2D eigenvalue weighted by Crippen LogP contribution is -2.47. The van der Waals surface area contributed by atoms with Gasteiger partial charge in [0.2, 0.25) is 0 Å². The highest BCUT2D eigenvalue weighted by Crippen LogP contribution is 2.26. The molecule has 0 radical (unpaired) electrons. The van der Waals surface area contributed by atoms with E-state index in [4.69, 9.17) is 0 Å². The van der Waals surface area contributed by atoms with Gasteiger partial charge in [-0.15, -0.1) is 0 Å². The van der Waals surface area contributed by atoms with Crippen molar-refractivity contribution in [2.24, 2.45) is 0 Å². The summed E-state index contributed by atoms with van der Waals surface area (Å²) in [4.78, 5) is 20.0. The van der Waals surface area contributed by atoms with Crippen LogP contribution in [0.1, 0.15) is 28.9 Å². The van der Waals surface area contributed by atoms with Crippen LogP contribution < -0.4 is 0 Å². The van der Waals surface area contributed by atoms with Crippen molar-refractivity contribution < 1.29 is 4.79 Å². The van der Waals surface area contributed by atoms with E-state index in [0.717, 1.165) is 44.7 Å². The van der Waals surface area contributed by atoms with Crippen LogP contribution in [0.4, 0.5) is 0 Å². The summed E-state index contributed by atoms with van der Waals surface area (Å²) in [6.07, 6.45) is 8.15. The zero-order valence-corrected chi connectivity index (χ0v) is 10.6. The Morgan fingerprint density at radius 3 is 2.83 bits per heavy atom. The number of aldehydes is 1. The van der Waals surface area contributed by atoms with E-state index in [1.165, 1.54) is 0 Å². The third kappa shape index (κ3) is 2.00. The topological polar surface area (TPSA) is 41.4 Å². The highest BCUT2D eigenvalue weighted by Gasteiger charge is 2.26. The lowest BCUT2D eigenvalue weighted by Gasteiger charge is -2.39. The molecule has 0 spiro atoms. The van der Waals surface area contributed by atoms with E-state index in [2.05, 4.69) is 32.5 Å². The van der Waals surface area contributed by atoms with E-state index in [1.54, 1.807) is 0 Å². The molecule has 1 unspecified atom stereocenters. The van der Waals surface area contributed by atoms with E-state index < -0.39 is 0 Å². The number of hydrogen-bond donors (Lipinski definition) is 0. The molecule has 0 bridgehead atoms. The molecular weight excluding hydrogens is 228 g/mol. The molecule has 3 heterocycles. The highest BCUT2D eigenvalue weighted by atomic mass is 16.1. The number of carbonyl (C=O) groups is 1. The van der Waals surface area contributed by atoms with Gasteiger partial charge in [0.05, 0.1) is 6.17 Å². The number of likely N-dealkylation sites (N-methyl/N-ethyl adjacent to an activating group) is 1. The van der Waals surface area contributed by atoms with Gasteiger partial charge < -0.3 is 9.47 Å². The van der Waals surface area contributed by atoms with Gasteiger partial charge in [0, 0.05) is 38.8 Å². The third-order valence-electron chi connectivity index (χ3n) is 3.79. The van der Waals surface area contributed by atoms with E-state index >= 15 is 0 Å². The standard InChI is InChI=1S/C13H18N4O/c1-15-5-7-16(8-6-15)13-4-2-3-12-14-11(10-18)9-17(12)13/h2-3,9-10,13H,4-8H2,1H3. The first-order valence-corrected chi connectivity index (χ1v) is 6.41. The Labute approximate surface area is 107 Å². The van der Waals surface area contributed by atoms with E-state index in [-0.39, 0.29) is 0 Å². The van der Waals surface area contributed by atoms with Crippen molar-refractivity contribution in [2.45, 2.75) is 12.6 Å². The zero-order valence-electron chi connectivity index (χ0n) is 10.6. The maximum atomic E-state index is 10.8. The Balaban J connectivity index is 1.84. The Bertz CT molecular complexity index is 471. The molecule has 2 aliphatic rings. The minimum Gasteiger partial charge on any atom is -0.314 e. The number of piperazine rings is 1. The molecule has 18 heavy (non-hydrogen) atoms. The average Bonchev–Trinajstić information content (AvgIpc) is 2.82. The summed E-state index contributed by atoms with van der Waals surface area (Å²) in [5.41, 5.74) is 0.524. The summed E-state index contributed by atoms with van der Waals surface area (Å²) in [5, 5.41) is 0. The molecule has 0 aromatic carbocycles. The Hall–Kier alpha value is -1.46. The predicted molar refractivity (Wildman–Crippen MR) is 69.4 cm³/mol. The number of hydrogen-bond acceptors (Lipinski definition) is 4. The first kappa shape index (κ1) is 11.6. The average molecular weight is 246 g/mol. The normalized spacial score (nSPS) is 25.1. The van der Waals surface area contributed by atoms with Crippen LogP contribution >= 0.6 is 0 Å². The van der Waals surface area contributed by atoms with Crippen molar-refractivity contribution in [3.05, 3.63) is 23.8 Å². The van der Waals surface area contributed by atoms with Crippen molar-refractivity contribution in [2.75, 3.05) is 33.2 Å². The fourth-order valence-electron chi connectivity index (χ4n) is 2.70. The highest BCUT2D eigenvalue weighted by molar-refractivity contribution is 5.72. The number of fused-ring (bicyclic) bond motifs is 1. The number of nitrogens with zero attached hydrogens (tertiary/aromatic N) is 4. The van der Waals surface area contributed by atoms with E-state index in [0.29, 0.717) is 11.9 Å². The van der Waals surface area contributed by atoms with Gasteiger partial charge in [0.1, 0.15) is 11.5 Å². The first-order valence-electron chi connectivity index (χ1n) is 6.41. The smallest absolute Gasteiger partial charge is 0.170 e. The molecule has 0 amide bonds. The number of carbonyl (C=O) groups excluding carboxylic acids is 1. The lowest BCUT2D eigenvalue weighted by atomic mass is 10.2. The Kier molecular flexibility index (Phi) is 3.01. The van der Waals surface area contributed by atoms with Gasteiger partial charge in [-0.2, -0.15) is 0 Å². The minimum atomic E-state index is 0.319. The van der Waals surface area contributed by atoms with Crippen LogP contribution in [0.15, 0.2) is 12.3 Å². The van der Waals surface area contributed by atoms with Crippen LogP contribution in [0.25, 0.3) is 6.08 Å². The molecule has 5 heteroatoms. The van der Waals surface area contributed by atoms with Crippen molar-refractivity contribution in [3.63, 3.8) is 0 Å². The summed E-state index contributed by atoms with van der Waals surface area (Å²) >= 11 is 0. The molecule has 1 aromatic rings. The fraction of sp³-hybridized carbons (Fsp3) is 0.538. The van der Waals surface area contributed by atoms with Gasteiger partial charge >= 0.3 is 0 Å². The lowest BCUT2D eigenvalue weighted by molar-refractivity contribution is 0.0758. The quantitative estimate of drug-likeness (QED) is 0.726. The van der Waals surface area contributed by atoms with Gasteiger partial charge in [-0.25, -0.2) is 4.98 Å². The van der Waals surface area contributed by atoms with Gasteiger partial charge in [-0.3, -0.25) is 9.69 Å². The number of aromatic nitrogens is 2. The molecule has 2 aliphatic heterocycles. The Morgan fingerprint density at radius 1 is 1.33 bits per heavy atom. The van der Waals surface area contributed by atoms with Crippen LogP contribution in [-0.4, -0.2) is 58.9 Å². The molecule has 1 aromatic heterocycles. The predicted octanol–water partition coefficient (Wildman–Crippen LogP) is 0.858. The largest absolute Gasteiger partial charge is 0.314 e. The van der Waals surface area contributed by atoms with Crippen molar-refractivity contribution in [1.82, 2.24) is 19.4 Å². The van der Waals surface area contributed by atoms with Crippen molar-refractivity contribution in [3.8, 4) is 0 Å². The van der Waals surface area contributed by atoms with Crippen LogP contribution in [0.5, 0.6) is 0 Å². The summed E-state index contributed by atoms with van der Waals surface area (Å²) in [6, 6.07) is 0. The van der Waals surface area contributed by atoms with Gasteiger partial charge in [0.25, 0.3) is 0 Å². The van der Waals surface area contributed by atoms with Crippen LogP contribution in [-0.2, 0) is 0 Å². The van der Waals surface area contributed by atoms with Crippen LogP contribution in [0.3, 0.4) is 0 Å². The first-order chi connectivity index (χ1) is 8.78. The SMILES string of the molecule is CN1CCN(C2CC=Cc3nc(C=O)cn32)CC1. The van der Waals surface area contributed by atoms with Crippen LogP contribution in [0, 0.1) is 0 Å². The molecule has 0 saturated carbocycles. The molecule has 5 nitrogen and oxygen atoms in total. The molecule has 1 saturated heterocycles. The summed E-state index contributed by atoms with van der Waals surface area (Å²) in [5.74, 6) is 0.896. The van der Waals surface area contributed by atoms with Gasteiger partial charge in [0.15, 0.2) is 6.29 Å². The van der Waals surface area contributed by atoms with Crippen molar-refractivity contribution >= 4 is 12.4 Å². The molecule has 0 aliphatic carbocycles. The monoisotopic (exact) mass is 246 g/mol. The van der Waals surface area contributed by atoms with E-state index in [1.807, 2.05) is 12.3 Å². The minimum absolute atomic E-state index is 0.319. The van der Waals surface area contributed by atoms with Crippen molar-refractivity contribution in [1.29, 1.82) is 0 Å². The summed E-state index contributed by atoms with van der Waals surface area (Å²) < 4.78 is 2.13. The molecule has 96 valence electrons. The summed E-state index contributed by atoms with van der Waals surface area (Å²) in [6.45, 7) is 4.35. The number of imidazole rings is 1. The second kappa shape index (κ2) is 4.66. The Morgan fingerprint density at radius 2 is 2.11 bits per heavy atom. The molecule has 1 atom stereocenters. The third-order valence-corrected chi connectivity index (χ3v) is 3.79. The van der Waals surface area contributed by atoms with Crippen LogP contribution in [0.2, 0.25) is 0 Å². The maximum absolute atomic E-state index is 10.8. The van der Waals surface area contributed by atoms with Gasteiger partial charge in [-0.05, 0) is 13.1 Å². The second-order valence-corrected chi connectivity index (χ2v) is 5.01. The second-order valence-electron chi connectivity index (χ2n) is 5.01. The number of rotatable bonds is 2. The van der Waals surface area contributed by atoms with E-state index in [9.17, 15) is 4.79 Å². The molecular formula is C13H18N4O. The molecule has 3 rings (SSSR count). The maximum Gasteiger partial charge on any atom is 0.170 e. The van der Waals surface area contributed by atoms with Gasteiger partial charge in [-0.1, -0.05) is 6.08 Å². The fourth-order valence-corrected chi connectivity index (χ4v) is 2.70. The zero-order chi connectivity index (χ0) is 12.5. The molecule has 1 fully saturated rings.